The van der Waals surface area contributed by atoms with E-state index in [2.05, 4.69) is 6.72 Å². The molecule has 1 aromatic carbocycles. The van der Waals surface area contributed by atoms with Crippen LogP contribution in [0.5, 0.6) is 5.75 Å². The number of benzene rings is 1. The second-order valence-electron chi connectivity index (χ2n) is 7.51. The SMILES string of the molecule is C=[N+](c1ccc(OCCN(C)CCOC)c(F)c1F)N(C)C1(C(=O)OC)CCCC1. The summed E-state index contributed by atoms with van der Waals surface area (Å²) in [6.07, 6.45) is 2.81. The molecule has 2 rings (SSSR count). The van der Waals surface area contributed by atoms with Crippen molar-refractivity contribution in [1.29, 1.82) is 0 Å². The van der Waals surface area contributed by atoms with Gasteiger partial charge in [-0.2, -0.15) is 13.8 Å². The maximum absolute atomic E-state index is 14.8. The van der Waals surface area contributed by atoms with Crippen LogP contribution in [0, 0.1) is 11.6 Å². The predicted molar refractivity (Wildman–Crippen MR) is 109 cm³/mol. The fourth-order valence-electron chi connectivity index (χ4n) is 3.71. The first kappa shape index (κ1) is 24.0. The van der Waals surface area contributed by atoms with Gasteiger partial charge in [-0.3, -0.25) is 0 Å². The predicted octanol–water partition coefficient (Wildman–Crippen LogP) is 2.60. The second-order valence-corrected chi connectivity index (χ2v) is 7.51. The normalized spacial score (nSPS) is 15.3. The Morgan fingerprint density at radius 1 is 1.13 bits per heavy atom. The van der Waals surface area contributed by atoms with Crippen LogP contribution in [-0.2, 0) is 14.3 Å². The van der Waals surface area contributed by atoms with Gasteiger partial charge in [0.05, 0.1) is 20.8 Å². The number of hydrogen-bond acceptors (Lipinski definition) is 6. The highest BCUT2D eigenvalue weighted by molar-refractivity contribution is 5.81. The van der Waals surface area contributed by atoms with Gasteiger partial charge in [0.25, 0.3) is 5.69 Å². The van der Waals surface area contributed by atoms with Crippen molar-refractivity contribution in [3.63, 3.8) is 0 Å². The quantitative estimate of drug-likeness (QED) is 0.234. The van der Waals surface area contributed by atoms with Crippen LogP contribution in [0.3, 0.4) is 0 Å². The third kappa shape index (κ3) is 5.07. The molecule has 1 aliphatic carbocycles. The minimum Gasteiger partial charge on any atom is -0.489 e. The van der Waals surface area contributed by atoms with Crippen LogP contribution in [0.2, 0.25) is 0 Å². The van der Waals surface area contributed by atoms with E-state index in [9.17, 15) is 13.6 Å². The molecule has 0 aliphatic heterocycles. The van der Waals surface area contributed by atoms with E-state index in [0.717, 1.165) is 12.8 Å². The molecule has 1 fully saturated rings. The van der Waals surface area contributed by atoms with Gasteiger partial charge in [-0.05, 0) is 26.0 Å². The van der Waals surface area contributed by atoms with E-state index in [-0.39, 0.29) is 18.0 Å². The maximum Gasteiger partial charge on any atom is 0.337 e. The number of carbonyl (C=O) groups is 1. The average molecular weight is 429 g/mol. The fourth-order valence-corrected chi connectivity index (χ4v) is 3.71. The molecule has 0 spiro atoms. The molecule has 7 nitrogen and oxygen atoms in total. The highest BCUT2D eigenvalue weighted by Crippen LogP contribution is 2.38. The van der Waals surface area contributed by atoms with Crippen molar-refractivity contribution < 1.29 is 32.5 Å². The molecule has 0 aromatic heterocycles. The van der Waals surface area contributed by atoms with Crippen molar-refractivity contribution in [2.75, 3.05) is 54.6 Å². The average Bonchev–Trinajstić information content (AvgIpc) is 3.24. The first-order valence-corrected chi connectivity index (χ1v) is 9.99. The minimum atomic E-state index is -1.09. The van der Waals surface area contributed by atoms with Crippen molar-refractivity contribution in [2.45, 2.75) is 31.2 Å². The molecule has 0 amide bonds. The van der Waals surface area contributed by atoms with Crippen LogP contribution < -0.4 is 4.74 Å². The van der Waals surface area contributed by atoms with E-state index >= 15 is 0 Å². The summed E-state index contributed by atoms with van der Waals surface area (Å²) < 4.78 is 46.0. The number of hydrazone groups is 1. The van der Waals surface area contributed by atoms with Crippen LogP contribution in [0.15, 0.2) is 12.1 Å². The third-order valence-electron chi connectivity index (χ3n) is 5.69. The van der Waals surface area contributed by atoms with E-state index in [1.54, 1.807) is 14.2 Å². The zero-order chi connectivity index (χ0) is 22.3. The molecule has 0 unspecified atom stereocenters. The molecule has 1 saturated carbocycles. The van der Waals surface area contributed by atoms with Crippen molar-refractivity contribution >= 4 is 18.4 Å². The summed E-state index contributed by atoms with van der Waals surface area (Å²) in [5, 5.41) is 1.54. The fraction of sp³-hybridized carbons (Fsp3) is 0.619. The molecule has 9 heteroatoms. The lowest BCUT2D eigenvalue weighted by atomic mass is 9.97. The number of likely N-dealkylation sites (N-methyl/N-ethyl adjacent to an activating group) is 2. The summed E-state index contributed by atoms with van der Waals surface area (Å²) in [7, 11) is 6.46. The van der Waals surface area contributed by atoms with E-state index in [4.69, 9.17) is 14.2 Å². The van der Waals surface area contributed by atoms with Gasteiger partial charge >= 0.3 is 5.97 Å². The Labute approximate surface area is 176 Å². The van der Waals surface area contributed by atoms with Gasteiger partial charge in [-0.1, -0.05) is 17.5 Å². The molecule has 1 aliphatic rings. The van der Waals surface area contributed by atoms with Crippen LogP contribution in [0.25, 0.3) is 0 Å². The van der Waals surface area contributed by atoms with Gasteiger partial charge in [-0.15, -0.1) is 0 Å². The van der Waals surface area contributed by atoms with Gasteiger partial charge in [-0.25, -0.2) is 4.79 Å². The summed E-state index contributed by atoms with van der Waals surface area (Å²) in [6, 6.07) is 2.76. The summed E-state index contributed by atoms with van der Waals surface area (Å²) in [5.74, 6) is -2.75. The van der Waals surface area contributed by atoms with Gasteiger partial charge < -0.3 is 19.1 Å². The lowest BCUT2D eigenvalue weighted by Crippen LogP contribution is -2.54. The van der Waals surface area contributed by atoms with Gasteiger partial charge in [0, 0.05) is 26.3 Å². The second kappa shape index (κ2) is 10.7. The first-order chi connectivity index (χ1) is 14.3. The monoisotopic (exact) mass is 428 g/mol. The van der Waals surface area contributed by atoms with Gasteiger partial charge in [0.15, 0.2) is 18.0 Å². The Morgan fingerprint density at radius 2 is 1.77 bits per heavy atom. The number of hydrazine groups is 1. The summed E-state index contributed by atoms with van der Waals surface area (Å²) in [5.41, 5.74) is -1.03. The Kier molecular flexibility index (Phi) is 8.54. The number of esters is 1. The molecule has 0 radical (unpaired) electrons. The van der Waals surface area contributed by atoms with Crippen LogP contribution >= 0.6 is 0 Å². The lowest BCUT2D eigenvalue weighted by Gasteiger charge is -2.32. The zero-order valence-electron chi connectivity index (χ0n) is 18.2. The Hall–Kier alpha value is -2.26. The number of rotatable bonds is 11. The van der Waals surface area contributed by atoms with Crippen LogP contribution in [-0.4, -0.2) is 87.4 Å². The highest BCUT2D eigenvalue weighted by Gasteiger charge is 2.51. The third-order valence-corrected chi connectivity index (χ3v) is 5.69. The molecule has 0 bridgehead atoms. The number of carbonyl (C=O) groups excluding carboxylic acids is 1. The van der Waals surface area contributed by atoms with Gasteiger partial charge in [0.1, 0.15) is 6.61 Å². The number of hydrogen-bond donors (Lipinski definition) is 0. The first-order valence-electron chi connectivity index (χ1n) is 9.99. The number of ether oxygens (including phenoxy) is 3. The molecular weight excluding hydrogens is 396 g/mol. The Balaban J connectivity index is 2.12. The topological polar surface area (TPSA) is 54.2 Å². The molecule has 30 heavy (non-hydrogen) atoms. The lowest BCUT2D eigenvalue weighted by molar-refractivity contribution is -0.628. The number of halogens is 2. The van der Waals surface area contributed by atoms with Crippen molar-refractivity contribution in [3.8, 4) is 5.75 Å². The standard InChI is InChI=1S/C21H32F2N3O4/c1-24(12-14-28-4)13-15-30-17-9-8-16(18(22)19(17)23)25(2)26(3)21(20(27)29-5)10-6-7-11-21/h8-9H,2,6-7,10-15H2,1,3-5H3/q+1. The molecule has 0 N–H and O–H groups in total. The highest BCUT2D eigenvalue weighted by atomic mass is 19.2. The van der Waals surface area contributed by atoms with E-state index in [0.29, 0.717) is 32.5 Å². The maximum atomic E-state index is 14.8. The summed E-state index contributed by atoms with van der Waals surface area (Å²) in [4.78, 5) is 14.4. The van der Waals surface area contributed by atoms with Crippen LogP contribution in [0.4, 0.5) is 14.5 Å². The number of methoxy groups -OCH3 is 2. The largest absolute Gasteiger partial charge is 0.489 e. The molecule has 0 heterocycles. The molecule has 0 saturated heterocycles. The number of nitrogens with zero attached hydrogens (tertiary/aromatic N) is 3. The summed E-state index contributed by atoms with van der Waals surface area (Å²) >= 11 is 0. The van der Waals surface area contributed by atoms with Crippen molar-refractivity contribution in [2.24, 2.45) is 0 Å². The molecule has 1 aromatic rings. The van der Waals surface area contributed by atoms with Crippen LogP contribution in [0.1, 0.15) is 25.7 Å². The van der Waals surface area contributed by atoms with E-state index in [1.807, 2.05) is 11.9 Å². The molecule has 168 valence electrons. The molecule has 0 atom stereocenters. The smallest absolute Gasteiger partial charge is 0.337 e. The Bertz CT molecular complexity index is 754. The van der Waals surface area contributed by atoms with Gasteiger partial charge in [0.2, 0.25) is 11.6 Å². The molecular formula is C21H32F2N3O4+. The van der Waals surface area contributed by atoms with E-state index < -0.39 is 23.1 Å². The minimum absolute atomic E-state index is 0.0882. The zero-order valence-corrected chi connectivity index (χ0v) is 18.2. The van der Waals surface area contributed by atoms with Crippen molar-refractivity contribution in [3.05, 3.63) is 23.8 Å². The van der Waals surface area contributed by atoms with E-state index in [1.165, 1.54) is 28.9 Å². The Morgan fingerprint density at radius 3 is 2.37 bits per heavy atom. The van der Waals surface area contributed by atoms with Crippen molar-refractivity contribution in [1.82, 2.24) is 9.91 Å². The summed E-state index contributed by atoms with van der Waals surface area (Å²) in [6.45, 7) is 5.88.